The van der Waals surface area contributed by atoms with Crippen molar-refractivity contribution in [3.05, 3.63) is 65.0 Å². The molecule has 0 bridgehead atoms. The Bertz CT molecular complexity index is 1620. The van der Waals surface area contributed by atoms with E-state index in [4.69, 9.17) is 29.5 Å². The third kappa shape index (κ3) is 6.36. The molecule has 4 aromatic rings. The van der Waals surface area contributed by atoms with Crippen molar-refractivity contribution in [1.82, 2.24) is 9.97 Å². The van der Waals surface area contributed by atoms with Gasteiger partial charge in [0.1, 0.15) is 52.8 Å². The molecule has 0 aliphatic heterocycles. The van der Waals surface area contributed by atoms with E-state index in [1.54, 1.807) is 57.5 Å². The van der Waals surface area contributed by atoms with Crippen LogP contribution in [0, 0.1) is 29.6 Å². The highest BCUT2D eigenvalue weighted by Crippen LogP contribution is 2.38. The van der Waals surface area contributed by atoms with Crippen molar-refractivity contribution in [3.63, 3.8) is 0 Å². The van der Waals surface area contributed by atoms with Gasteiger partial charge in [0.2, 0.25) is 5.89 Å². The van der Waals surface area contributed by atoms with Crippen LogP contribution in [-0.4, -0.2) is 53.7 Å². The minimum Gasteiger partial charge on any atom is -0.493 e. The number of nitriles is 2. The third-order valence-electron chi connectivity index (χ3n) is 6.08. The standard InChI is InChI=1S/C29H27N5O6S/c1-16-23(33-28(40-16)18-6-9-24(37-2)25(10-18)38-3)15-41-29-22(12-31)26(21(11-30)27(32)34-29)17-4-7-20(8-5-17)39-14-19(36)13-35/h4-10,19,35-36H,13-15H2,1-3H3,(H2,32,34)/t19-/m1/s1. The number of rotatable bonds is 11. The van der Waals surface area contributed by atoms with Gasteiger partial charge < -0.3 is 34.6 Å². The number of ether oxygens (including phenoxy) is 3. The molecule has 0 aliphatic carbocycles. The SMILES string of the molecule is COc1ccc(-c2nc(CSc3nc(N)c(C#N)c(-c4ccc(OC[C@H](O)CO)cc4)c3C#N)c(C)o2)cc1OC. The highest BCUT2D eigenvalue weighted by molar-refractivity contribution is 7.98. The fourth-order valence-electron chi connectivity index (χ4n) is 3.95. The number of aliphatic hydroxyl groups is 2. The molecule has 11 nitrogen and oxygen atoms in total. The zero-order chi connectivity index (χ0) is 29.5. The van der Waals surface area contributed by atoms with Crippen LogP contribution in [-0.2, 0) is 5.75 Å². The second-order valence-corrected chi connectivity index (χ2v) is 9.67. The molecular formula is C29H27N5O6S. The first-order valence-corrected chi connectivity index (χ1v) is 13.3. The van der Waals surface area contributed by atoms with Crippen LogP contribution in [0.4, 0.5) is 5.82 Å². The number of nitrogens with two attached hydrogens (primary N) is 1. The number of nitrogen functional groups attached to an aromatic ring is 1. The maximum Gasteiger partial charge on any atom is 0.226 e. The molecule has 0 aliphatic rings. The molecule has 2 aromatic heterocycles. The van der Waals surface area contributed by atoms with E-state index in [0.717, 1.165) is 0 Å². The summed E-state index contributed by atoms with van der Waals surface area (Å²) < 4.78 is 22.0. The Morgan fingerprint density at radius 1 is 1.00 bits per heavy atom. The molecule has 0 radical (unpaired) electrons. The van der Waals surface area contributed by atoms with Crippen molar-refractivity contribution in [3.8, 4) is 52.0 Å². The number of anilines is 1. The topological polar surface area (TPSA) is 181 Å². The summed E-state index contributed by atoms with van der Waals surface area (Å²) in [4.78, 5) is 9.00. The Morgan fingerprint density at radius 2 is 1.68 bits per heavy atom. The van der Waals surface area contributed by atoms with Crippen LogP contribution in [0.15, 0.2) is 51.9 Å². The van der Waals surface area contributed by atoms with E-state index in [0.29, 0.717) is 62.1 Å². The monoisotopic (exact) mass is 573 g/mol. The molecule has 0 saturated carbocycles. The minimum atomic E-state index is -1.01. The third-order valence-corrected chi connectivity index (χ3v) is 7.07. The van der Waals surface area contributed by atoms with Gasteiger partial charge in [0.15, 0.2) is 11.5 Å². The smallest absolute Gasteiger partial charge is 0.226 e. The summed E-state index contributed by atoms with van der Waals surface area (Å²) >= 11 is 1.25. The van der Waals surface area contributed by atoms with Crippen LogP contribution >= 0.6 is 11.8 Å². The first-order chi connectivity index (χ1) is 19.8. The number of aliphatic hydroxyl groups excluding tert-OH is 2. The predicted molar refractivity (Wildman–Crippen MR) is 151 cm³/mol. The summed E-state index contributed by atoms with van der Waals surface area (Å²) in [5, 5.41) is 38.8. The highest BCUT2D eigenvalue weighted by atomic mass is 32.2. The van der Waals surface area contributed by atoms with E-state index in [2.05, 4.69) is 22.1 Å². The lowest BCUT2D eigenvalue weighted by atomic mass is 9.97. The normalized spacial score (nSPS) is 11.4. The maximum absolute atomic E-state index is 10.1. The van der Waals surface area contributed by atoms with Crippen LogP contribution in [0.5, 0.6) is 17.2 Å². The molecule has 2 heterocycles. The van der Waals surface area contributed by atoms with Crippen molar-refractivity contribution < 1.29 is 28.8 Å². The van der Waals surface area contributed by atoms with Gasteiger partial charge in [-0.3, -0.25) is 0 Å². The van der Waals surface area contributed by atoms with Gasteiger partial charge in [-0.05, 0) is 42.8 Å². The fourth-order valence-corrected chi connectivity index (χ4v) is 4.94. The van der Waals surface area contributed by atoms with Crippen molar-refractivity contribution in [2.24, 2.45) is 0 Å². The molecule has 4 N–H and O–H groups in total. The van der Waals surface area contributed by atoms with E-state index in [9.17, 15) is 15.6 Å². The van der Waals surface area contributed by atoms with Gasteiger partial charge >= 0.3 is 0 Å². The maximum atomic E-state index is 10.1. The number of aryl methyl sites for hydroxylation is 1. The molecule has 1 atom stereocenters. The van der Waals surface area contributed by atoms with Gasteiger partial charge in [-0.2, -0.15) is 10.5 Å². The zero-order valence-electron chi connectivity index (χ0n) is 22.5. The number of oxazole rings is 1. The first kappa shape index (κ1) is 29.2. The molecule has 0 fully saturated rings. The summed E-state index contributed by atoms with van der Waals surface area (Å²) in [6, 6.07) is 16.2. The molecule has 41 heavy (non-hydrogen) atoms. The van der Waals surface area contributed by atoms with E-state index in [1.165, 1.54) is 11.8 Å². The summed E-state index contributed by atoms with van der Waals surface area (Å²) in [5.74, 6) is 2.91. The number of hydrogen-bond acceptors (Lipinski definition) is 12. The Balaban J connectivity index is 1.62. The van der Waals surface area contributed by atoms with E-state index in [1.807, 2.05) is 6.07 Å². The molecule has 0 saturated heterocycles. The van der Waals surface area contributed by atoms with Crippen molar-refractivity contribution >= 4 is 17.6 Å². The first-order valence-electron chi connectivity index (χ1n) is 12.3. The number of thioether (sulfide) groups is 1. The van der Waals surface area contributed by atoms with Crippen molar-refractivity contribution in [1.29, 1.82) is 10.5 Å². The highest BCUT2D eigenvalue weighted by Gasteiger charge is 2.22. The number of hydrogen-bond donors (Lipinski definition) is 3. The van der Waals surface area contributed by atoms with Crippen LogP contribution in [0.2, 0.25) is 0 Å². The molecule has 12 heteroatoms. The Morgan fingerprint density at radius 3 is 2.32 bits per heavy atom. The fraction of sp³-hybridized carbons (Fsp3) is 0.241. The summed E-state index contributed by atoms with van der Waals surface area (Å²) in [6.07, 6.45) is -1.01. The molecule has 210 valence electrons. The zero-order valence-corrected chi connectivity index (χ0v) is 23.4. The molecule has 0 amide bonds. The van der Waals surface area contributed by atoms with Crippen LogP contribution in [0.25, 0.3) is 22.6 Å². The van der Waals surface area contributed by atoms with Gasteiger partial charge in [-0.15, -0.1) is 0 Å². The molecule has 0 unspecified atom stereocenters. The molecule has 2 aromatic carbocycles. The molecular weight excluding hydrogens is 546 g/mol. The van der Waals surface area contributed by atoms with Crippen LogP contribution in [0.3, 0.4) is 0 Å². The lowest BCUT2D eigenvalue weighted by molar-refractivity contribution is 0.0536. The van der Waals surface area contributed by atoms with Gasteiger partial charge in [0.05, 0.1) is 32.1 Å². The Hall–Kier alpha value is -4.75. The minimum absolute atomic E-state index is 0.00159. The van der Waals surface area contributed by atoms with Crippen molar-refractivity contribution in [2.75, 3.05) is 33.2 Å². The number of benzene rings is 2. The number of methoxy groups -OCH3 is 2. The quantitative estimate of drug-likeness (QED) is 0.219. The second kappa shape index (κ2) is 13.1. The summed E-state index contributed by atoms with van der Waals surface area (Å²) in [5.41, 5.74) is 8.74. The number of aromatic nitrogens is 2. The number of pyridine rings is 1. The van der Waals surface area contributed by atoms with Gasteiger partial charge in [-0.1, -0.05) is 23.9 Å². The largest absolute Gasteiger partial charge is 0.493 e. The van der Waals surface area contributed by atoms with E-state index in [-0.39, 0.29) is 23.6 Å². The van der Waals surface area contributed by atoms with Gasteiger partial charge in [-0.25, -0.2) is 9.97 Å². The Kier molecular flexibility index (Phi) is 9.32. The average Bonchev–Trinajstić information content (AvgIpc) is 3.38. The summed E-state index contributed by atoms with van der Waals surface area (Å²) in [7, 11) is 3.11. The lowest BCUT2D eigenvalue weighted by Crippen LogP contribution is -2.21. The van der Waals surface area contributed by atoms with Gasteiger partial charge in [0.25, 0.3) is 0 Å². The molecule has 0 spiro atoms. The summed E-state index contributed by atoms with van der Waals surface area (Å²) in [6.45, 7) is 1.30. The van der Waals surface area contributed by atoms with Crippen LogP contribution < -0.4 is 19.9 Å². The Labute approximate surface area is 240 Å². The van der Waals surface area contributed by atoms with E-state index >= 15 is 0 Å². The predicted octanol–water partition coefficient (Wildman–Crippen LogP) is 4.08. The average molecular weight is 574 g/mol. The second-order valence-electron chi connectivity index (χ2n) is 8.70. The van der Waals surface area contributed by atoms with E-state index < -0.39 is 12.7 Å². The number of nitrogens with zero attached hydrogens (tertiary/aromatic N) is 4. The van der Waals surface area contributed by atoms with Gasteiger partial charge in [0, 0.05) is 16.9 Å². The lowest BCUT2D eigenvalue weighted by Gasteiger charge is -2.14. The molecule has 4 rings (SSSR count). The van der Waals surface area contributed by atoms with Crippen LogP contribution in [0.1, 0.15) is 22.6 Å². The van der Waals surface area contributed by atoms with Crippen molar-refractivity contribution in [2.45, 2.75) is 23.8 Å².